The fourth-order valence-electron chi connectivity index (χ4n) is 3.42. The van der Waals surface area contributed by atoms with Gasteiger partial charge in [0.15, 0.2) is 0 Å². The van der Waals surface area contributed by atoms with Crippen molar-refractivity contribution in [3.8, 4) is 0 Å². The second-order valence-electron chi connectivity index (χ2n) is 6.06. The Labute approximate surface area is 123 Å². The van der Waals surface area contributed by atoms with E-state index in [-0.39, 0.29) is 0 Å². The summed E-state index contributed by atoms with van der Waals surface area (Å²) in [5, 5.41) is 3.45. The van der Waals surface area contributed by atoms with Gasteiger partial charge < -0.3 is 10.2 Å². The molecule has 1 heterocycles. The molecule has 3 rings (SSSR count). The molecule has 1 aliphatic carbocycles. The van der Waals surface area contributed by atoms with Crippen LogP contribution < -0.4 is 10.2 Å². The van der Waals surface area contributed by atoms with Gasteiger partial charge in [-0.1, -0.05) is 25.1 Å². The molecule has 1 aromatic rings. The van der Waals surface area contributed by atoms with Gasteiger partial charge in [0.05, 0.1) is 0 Å². The minimum Gasteiger partial charge on any atom is -0.369 e. The summed E-state index contributed by atoms with van der Waals surface area (Å²) in [6.07, 6.45) is 3.98. The van der Waals surface area contributed by atoms with Crippen LogP contribution in [0.2, 0.25) is 0 Å². The van der Waals surface area contributed by atoms with Crippen molar-refractivity contribution in [3.05, 3.63) is 29.8 Å². The Morgan fingerprint density at radius 2 is 1.85 bits per heavy atom. The fraction of sp³-hybridized carbons (Fsp3) is 0.647. The Morgan fingerprint density at radius 1 is 1.15 bits per heavy atom. The van der Waals surface area contributed by atoms with Crippen LogP contribution in [-0.2, 0) is 0 Å². The molecular formula is C17H27N3. The standard InChI is InChI=1S/C17H27N3/c1-3-16(18-2)15-6-4-5-7-17(15)20-12-10-19(11-13-20)14-8-9-14/h4-7,14,16,18H,3,8-13H2,1-2H3. The van der Waals surface area contributed by atoms with E-state index in [1.54, 1.807) is 0 Å². The van der Waals surface area contributed by atoms with Crippen molar-refractivity contribution in [1.29, 1.82) is 0 Å². The lowest BCUT2D eigenvalue weighted by atomic mass is 10.0. The Kier molecular flexibility index (Phi) is 4.27. The van der Waals surface area contributed by atoms with Crippen LogP contribution in [0.5, 0.6) is 0 Å². The minimum atomic E-state index is 0.465. The average molecular weight is 273 g/mol. The van der Waals surface area contributed by atoms with Gasteiger partial charge >= 0.3 is 0 Å². The molecule has 1 aliphatic heterocycles. The summed E-state index contributed by atoms with van der Waals surface area (Å²) in [4.78, 5) is 5.25. The Bertz CT molecular complexity index is 430. The normalized spacial score (nSPS) is 22.0. The van der Waals surface area contributed by atoms with Crippen molar-refractivity contribution in [2.75, 3.05) is 38.1 Å². The smallest absolute Gasteiger partial charge is 0.0415 e. The predicted octanol–water partition coefficient (Wildman–Crippen LogP) is 2.64. The Balaban J connectivity index is 1.73. The maximum atomic E-state index is 3.45. The second kappa shape index (κ2) is 6.15. The summed E-state index contributed by atoms with van der Waals surface area (Å²) in [6.45, 7) is 7.06. The Morgan fingerprint density at radius 3 is 2.45 bits per heavy atom. The van der Waals surface area contributed by atoms with Crippen molar-refractivity contribution in [1.82, 2.24) is 10.2 Å². The van der Waals surface area contributed by atoms with E-state index in [9.17, 15) is 0 Å². The molecule has 1 atom stereocenters. The second-order valence-corrected chi connectivity index (χ2v) is 6.06. The lowest BCUT2D eigenvalue weighted by Gasteiger charge is -2.38. The molecule has 0 radical (unpaired) electrons. The highest BCUT2D eigenvalue weighted by atomic mass is 15.3. The van der Waals surface area contributed by atoms with Gasteiger partial charge in [0.25, 0.3) is 0 Å². The van der Waals surface area contributed by atoms with Crippen molar-refractivity contribution >= 4 is 5.69 Å². The molecule has 1 N–H and O–H groups in total. The van der Waals surface area contributed by atoms with Crippen molar-refractivity contribution in [3.63, 3.8) is 0 Å². The van der Waals surface area contributed by atoms with E-state index in [0.717, 1.165) is 12.5 Å². The van der Waals surface area contributed by atoms with E-state index in [0.29, 0.717) is 6.04 Å². The lowest BCUT2D eigenvalue weighted by molar-refractivity contribution is 0.248. The summed E-state index contributed by atoms with van der Waals surface area (Å²) in [5.74, 6) is 0. The summed E-state index contributed by atoms with van der Waals surface area (Å²) in [7, 11) is 2.07. The summed E-state index contributed by atoms with van der Waals surface area (Å²) in [5.41, 5.74) is 2.89. The summed E-state index contributed by atoms with van der Waals surface area (Å²) < 4.78 is 0. The van der Waals surface area contributed by atoms with Crippen LogP contribution in [0.1, 0.15) is 37.8 Å². The highest BCUT2D eigenvalue weighted by Gasteiger charge is 2.31. The zero-order valence-electron chi connectivity index (χ0n) is 12.8. The highest BCUT2D eigenvalue weighted by molar-refractivity contribution is 5.55. The van der Waals surface area contributed by atoms with Crippen LogP contribution >= 0.6 is 0 Å². The minimum absolute atomic E-state index is 0.465. The molecule has 1 saturated carbocycles. The SMILES string of the molecule is CCC(NC)c1ccccc1N1CCN(C2CC2)CC1. The molecule has 0 aromatic heterocycles. The average Bonchev–Trinajstić information content (AvgIpc) is 3.34. The van der Waals surface area contributed by atoms with E-state index in [1.165, 1.54) is 50.3 Å². The highest BCUT2D eigenvalue weighted by Crippen LogP contribution is 2.31. The third-order valence-corrected chi connectivity index (χ3v) is 4.79. The third-order valence-electron chi connectivity index (χ3n) is 4.79. The third kappa shape index (κ3) is 2.84. The first-order valence-electron chi connectivity index (χ1n) is 8.08. The lowest BCUT2D eigenvalue weighted by Crippen LogP contribution is -2.47. The van der Waals surface area contributed by atoms with Crippen LogP contribution in [0.4, 0.5) is 5.69 Å². The first-order chi connectivity index (χ1) is 9.83. The number of para-hydroxylation sites is 1. The zero-order chi connectivity index (χ0) is 13.9. The number of benzene rings is 1. The topological polar surface area (TPSA) is 18.5 Å². The van der Waals surface area contributed by atoms with E-state index in [2.05, 4.69) is 53.4 Å². The van der Waals surface area contributed by atoms with Gasteiger partial charge in [-0.25, -0.2) is 0 Å². The van der Waals surface area contributed by atoms with Gasteiger partial charge in [-0.05, 0) is 37.9 Å². The molecule has 1 aromatic carbocycles. The largest absolute Gasteiger partial charge is 0.369 e. The van der Waals surface area contributed by atoms with Crippen molar-refractivity contribution < 1.29 is 0 Å². The first kappa shape index (κ1) is 13.9. The molecule has 0 bridgehead atoms. The van der Waals surface area contributed by atoms with Crippen LogP contribution in [0, 0.1) is 0 Å². The van der Waals surface area contributed by atoms with Gasteiger partial charge in [0.1, 0.15) is 0 Å². The molecule has 0 amide bonds. The first-order valence-corrected chi connectivity index (χ1v) is 8.08. The quantitative estimate of drug-likeness (QED) is 0.890. The number of hydrogen-bond donors (Lipinski definition) is 1. The number of nitrogens with zero attached hydrogens (tertiary/aromatic N) is 2. The van der Waals surface area contributed by atoms with Crippen LogP contribution in [0.25, 0.3) is 0 Å². The molecule has 3 nitrogen and oxygen atoms in total. The molecular weight excluding hydrogens is 246 g/mol. The number of rotatable bonds is 5. The monoisotopic (exact) mass is 273 g/mol. The zero-order valence-corrected chi connectivity index (χ0v) is 12.8. The summed E-state index contributed by atoms with van der Waals surface area (Å²) >= 11 is 0. The molecule has 20 heavy (non-hydrogen) atoms. The van der Waals surface area contributed by atoms with Crippen molar-refractivity contribution in [2.45, 2.75) is 38.3 Å². The van der Waals surface area contributed by atoms with Crippen LogP contribution in [0.15, 0.2) is 24.3 Å². The maximum absolute atomic E-state index is 3.45. The van der Waals surface area contributed by atoms with Crippen LogP contribution in [0.3, 0.4) is 0 Å². The molecule has 2 aliphatic rings. The summed E-state index contributed by atoms with van der Waals surface area (Å²) in [6, 6.07) is 10.3. The molecule has 0 spiro atoms. The van der Waals surface area contributed by atoms with E-state index < -0.39 is 0 Å². The number of hydrogen-bond acceptors (Lipinski definition) is 3. The van der Waals surface area contributed by atoms with E-state index >= 15 is 0 Å². The van der Waals surface area contributed by atoms with Gasteiger partial charge in [-0.15, -0.1) is 0 Å². The number of piperazine rings is 1. The number of anilines is 1. The molecule has 2 fully saturated rings. The maximum Gasteiger partial charge on any atom is 0.0415 e. The molecule has 110 valence electrons. The van der Waals surface area contributed by atoms with E-state index in [4.69, 9.17) is 0 Å². The number of nitrogens with one attached hydrogen (secondary N) is 1. The van der Waals surface area contributed by atoms with E-state index in [1.807, 2.05) is 0 Å². The van der Waals surface area contributed by atoms with Gasteiger partial charge in [0, 0.05) is 44.0 Å². The molecule has 1 saturated heterocycles. The molecule has 1 unspecified atom stereocenters. The van der Waals surface area contributed by atoms with Gasteiger partial charge in [-0.3, -0.25) is 4.90 Å². The van der Waals surface area contributed by atoms with Gasteiger partial charge in [-0.2, -0.15) is 0 Å². The fourth-order valence-corrected chi connectivity index (χ4v) is 3.42. The van der Waals surface area contributed by atoms with Gasteiger partial charge in [0.2, 0.25) is 0 Å². The molecule has 3 heteroatoms. The van der Waals surface area contributed by atoms with Crippen LogP contribution in [-0.4, -0.2) is 44.2 Å². The predicted molar refractivity (Wildman–Crippen MR) is 85.3 cm³/mol. The van der Waals surface area contributed by atoms with Crippen molar-refractivity contribution in [2.24, 2.45) is 0 Å². The Hall–Kier alpha value is -1.06.